The van der Waals surface area contributed by atoms with Gasteiger partial charge < -0.3 is 15.1 Å². The maximum Gasteiger partial charge on any atom is 0.323 e. The van der Waals surface area contributed by atoms with Gasteiger partial charge in [0.2, 0.25) is 0 Å². The van der Waals surface area contributed by atoms with Gasteiger partial charge in [-0.2, -0.15) is 0 Å². The van der Waals surface area contributed by atoms with Crippen LogP contribution in [0.4, 0.5) is 5.69 Å². The average Bonchev–Trinajstić information content (AvgIpc) is 2.91. The first-order chi connectivity index (χ1) is 10.1. The van der Waals surface area contributed by atoms with Crippen molar-refractivity contribution in [3.8, 4) is 5.75 Å². The normalized spacial score (nSPS) is 10.3. The molecule has 2 rings (SSSR count). The minimum absolute atomic E-state index is 0.108. The lowest BCUT2D eigenvalue weighted by Gasteiger charge is -2.22. The zero-order valence-corrected chi connectivity index (χ0v) is 12.3. The van der Waals surface area contributed by atoms with Gasteiger partial charge in [0, 0.05) is 5.69 Å². The summed E-state index contributed by atoms with van der Waals surface area (Å²) < 4.78 is 4.33. The molecule has 0 bridgehead atoms. The Kier molecular flexibility index (Phi) is 5.12. The van der Waals surface area contributed by atoms with Crippen LogP contribution in [-0.4, -0.2) is 44.5 Å². The molecule has 2 aromatic rings. The number of aliphatic carboxylic acids is 1. The second-order valence-electron chi connectivity index (χ2n) is 3.95. The van der Waals surface area contributed by atoms with Crippen LogP contribution in [0.3, 0.4) is 0 Å². The lowest BCUT2D eigenvalue weighted by Crippen LogP contribution is -2.29. The standard InChI is InChI=1S/C12H11N3O4S2/c16-6-10-12(21-14-13-10)20-7-15(5-11(18)19)8-1-3-9(17)4-2-8/h1-4,6,17H,5,7H2,(H,18,19). The molecular formula is C12H11N3O4S2. The number of anilines is 1. The van der Waals surface area contributed by atoms with Crippen molar-refractivity contribution in [1.29, 1.82) is 0 Å². The zero-order valence-electron chi connectivity index (χ0n) is 10.7. The highest BCUT2D eigenvalue weighted by molar-refractivity contribution is 8.01. The Morgan fingerprint density at radius 1 is 1.38 bits per heavy atom. The highest BCUT2D eigenvalue weighted by atomic mass is 32.2. The average molecular weight is 325 g/mol. The number of carbonyl (C=O) groups is 2. The van der Waals surface area contributed by atoms with Crippen LogP contribution < -0.4 is 4.90 Å². The predicted octanol–water partition coefficient (Wildman–Crippen LogP) is 1.70. The predicted molar refractivity (Wildman–Crippen MR) is 79.1 cm³/mol. The van der Waals surface area contributed by atoms with E-state index in [2.05, 4.69) is 9.59 Å². The minimum atomic E-state index is -0.971. The van der Waals surface area contributed by atoms with E-state index < -0.39 is 5.97 Å². The Hall–Kier alpha value is -2.13. The Morgan fingerprint density at radius 3 is 2.71 bits per heavy atom. The third-order valence-corrected chi connectivity index (χ3v) is 4.51. The number of carbonyl (C=O) groups excluding carboxylic acids is 1. The number of thioether (sulfide) groups is 1. The van der Waals surface area contributed by atoms with Gasteiger partial charge in [-0.25, -0.2) is 0 Å². The number of hydrogen-bond acceptors (Lipinski definition) is 8. The summed E-state index contributed by atoms with van der Waals surface area (Å²) in [6.45, 7) is -0.194. The number of phenols is 1. The summed E-state index contributed by atoms with van der Waals surface area (Å²) in [7, 11) is 0. The van der Waals surface area contributed by atoms with Crippen molar-refractivity contribution in [2.45, 2.75) is 4.21 Å². The zero-order chi connectivity index (χ0) is 15.2. The van der Waals surface area contributed by atoms with Crippen LogP contribution in [0, 0.1) is 0 Å². The molecule has 1 aromatic heterocycles. The molecule has 0 radical (unpaired) electrons. The lowest BCUT2D eigenvalue weighted by molar-refractivity contribution is -0.135. The fourth-order valence-electron chi connectivity index (χ4n) is 1.54. The summed E-state index contributed by atoms with van der Waals surface area (Å²) in [5, 5.41) is 21.9. The van der Waals surface area contributed by atoms with Gasteiger partial charge in [-0.05, 0) is 35.8 Å². The molecule has 21 heavy (non-hydrogen) atoms. The maximum absolute atomic E-state index is 11.0. The molecule has 0 aliphatic heterocycles. The summed E-state index contributed by atoms with van der Waals surface area (Å²) in [4.78, 5) is 23.3. The van der Waals surface area contributed by atoms with E-state index >= 15 is 0 Å². The number of carboxylic acid groups (broad SMARTS) is 1. The Labute approximate surface area is 128 Å². The third-order valence-electron chi connectivity index (χ3n) is 2.49. The molecule has 0 aliphatic carbocycles. The molecular weight excluding hydrogens is 314 g/mol. The fourth-order valence-corrected chi connectivity index (χ4v) is 3.14. The molecule has 0 spiro atoms. The second kappa shape index (κ2) is 7.04. The first kappa shape index (κ1) is 15.3. The number of nitrogens with zero attached hydrogens (tertiary/aromatic N) is 3. The number of rotatable bonds is 7. The molecule has 1 heterocycles. The van der Waals surface area contributed by atoms with Gasteiger partial charge >= 0.3 is 5.97 Å². The van der Waals surface area contributed by atoms with Crippen LogP contribution in [0.5, 0.6) is 5.75 Å². The number of carboxylic acids is 1. The Morgan fingerprint density at radius 2 is 2.10 bits per heavy atom. The van der Waals surface area contributed by atoms with Crippen molar-refractivity contribution >= 4 is 41.2 Å². The summed E-state index contributed by atoms with van der Waals surface area (Å²) in [6.07, 6.45) is 0.619. The quantitative estimate of drug-likeness (QED) is 0.450. The molecule has 2 N–H and O–H groups in total. The molecule has 110 valence electrons. The van der Waals surface area contributed by atoms with Gasteiger partial charge in [0.1, 0.15) is 16.5 Å². The number of hydrogen-bond donors (Lipinski definition) is 2. The molecule has 0 atom stereocenters. The number of aromatic hydroxyl groups is 1. The molecule has 1 aromatic carbocycles. The summed E-state index contributed by atoms with van der Waals surface area (Å²) in [6, 6.07) is 6.23. The van der Waals surface area contributed by atoms with Crippen LogP contribution >= 0.6 is 23.3 Å². The summed E-state index contributed by atoms with van der Waals surface area (Å²) in [5.74, 6) is -0.541. The van der Waals surface area contributed by atoms with Gasteiger partial charge in [0.05, 0.1) is 5.88 Å². The van der Waals surface area contributed by atoms with Gasteiger partial charge in [-0.15, -0.1) is 5.10 Å². The molecule has 0 fully saturated rings. The smallest absolute Gasteiger partial charge is 0.323 e. The molecule has 0 amide bonds. The van der Waals surface area contributed by atoms with E-state index in [1.807, 2.05) is 0 Å². The van der Waals surface area contributed by atoms with E-state index in [0.717, 1.165) is 11.5 Å². The van der Waals surface area contributed by atoms with Crippen LogP contribution in [0.25, 0.3) is 0 Å². The summed E-state index contributed by atoms with van der Waals surface area (Å²) in [5.41, 5.74) is 0.916. The second-order valence-corrected chi connectivity index (χ2v) is 5.91. The Balaban J connectivity index is 2.11. The van der Waals surface area contributed by atoms with Gasteiger partial charge in [0.25, 0.3) is 0 Å². The van der Waals surface area contributed by atoms with Gasteiger partial charge in [-0.1, -0.05) is 16.3 Å². The van der Waals surface area contributed by atoms with Crippen LogP contribution in [-0.2, 0) is 4.79 Å². The van der Waals surface area contributed by atoms with E-state index in [0.29, 0.717) is 22.1 Å². The third kappa shape index (κ3) is 4.17. The van der Waals surface area contributed by atoms with Gasteiger partial charge in [-0.3, -0.25) is 9.59 Å². The van der Waals surface area contributed by atoms with Crippen molar-refractivity contribution in [2.75, 3.05) is 17.3 Å². The number of phenolic OH excluding ortho intramolecular Hbond substituents is 1. The molecule has 9 heteroatoms. The van der Waals surface area contributed by atoms with E-state index in [1.165, 1.54) is 23.9 Å². The van der Waals surface area contributed by atoms with Crippen molar-refractivity contribution < 1.29 is 19.8 Å². The van der Waals surface area contributed by atoms with Crippen LogP contribution in [0.15, 0.2) is 28.5 Å². The van der Waals surface area contributed by atoms with E-state index in [4.69, 9.17) is 5.11 Å². The van der Waals surface area contributed by atoms with Crippen molar-refractivity contribution in [1.82, 2.24) is 9.59 Å². The molecule has 7 nitrogen and oxygen atoms in total. The Bertz CT molecular complexity index is 630. The molecule has 0 unspecified atom stereocenters. The minimum Gasteiger partial charge on any atom is -0.508 e. The molecule has 0 aliphatic rings. The monoisotopic (exact) mass is 325 g/mol. The largest absolute Gasteiger partial charge is 0.508 e. The lowest BCUT2D eigenvalue weighted by atomic mass is 10.3. The number of aromatic nitrogens is 2. The maximum atomic E-state index is 11.0. The van der Waals surface area contributed by atoms with Crippen molar-refractivity contribution in [3.05, 3.63) is 30.0 Å². The highest BCUT2D eigenvalue weighted by Gasteiger charge is 2.14. The molecule has 0 saturated carbocycles. The van der Waals surface area contributed by atoms with E-state index in [-0.39, 0.29) is 18.0 Å². The fraction of sp³-hybridized carbons (Fsp3) is 0.167. The molecule has 0 saturated heterocycles. The van der Waals surface area contributed by atoms with Crippen molar-refractivity contribution in [3.63, 3.8) is 0 Å². The van der Waals surface area contributed by atoms with Gasteiger partial charge in [0.15, 0.2) is 12.0 Å². The number of benzene rings is 1. The van der Waals surface area contributed by atoms with Crippen LogP contribution in [0.2, 0.25) is 0 Å². The van der Waals surface area contributed by atoms with Crippen LogP contribution in [0.1, 0.15) is 10.5 Å². The first-order valence-corrected chi connectivity index (χ1v) is 7.52. The summed E-state index contributed by atoms with van der Waals surface area (Å²) >= 11 is 2.38. The SMILES string of the molecule is O=Cc1nnsc1SCN(CC(=O)O)c1ccc(O)cc1. The highest BCUT2D eigenvalue weighted by Crippen LogP contribution is 2.27. The first-order valence-electron chi connectivity index (χ1n) is 5.76. The van der Waals surface area contributed by atoms with Crippen molar-refractivity contribution in [2.24, 2.45) is 0 Å². The van der Waals surface area contributed by atoms with E-state index in [1.54, 1.807) is 17.0 Å². The topological polar surface area (TPSA) is 104 Å². The number of aldehydes is 1. The van der Waals surface area contributed by atoms with E-state index in [9.17, 15) is 14.7 Å².